The number of carbonyl (C=O) groups excluding carboxylic acids is 4. The van der Waals surface area contributed by atoms with Crippen LogP contribution in [0.3, 0.4) is 0 Å². The third-order valence-corrected chi connectivity index (χ3v) is 8.27. The number of amides is 3. The van der Waals surface area contributed by atoms with Crippen molar-refractivity contribution in [2.75, 3.05) is 7.11 Å². The van der Waals surface area contributed by atoms with Gasteiger partial charge in [0.2, 0.25) is 11.8 Å². The molecule has 0 spiro atoms. The minimum Gasteiger partial charge on any atom is -0.480 e. The van der Waals surface area contributed by atoms with Crippen LogP contribution in [0.2, 0.25) is 0 Å². The molecule has 2 saturated heterocycles. The van der Waals surface area contributed by atoms with Gasteiger partial charge in [0.05, 0.1) is 12.7 Å². The molecule has 37 heavy (non-hydrogen) atoms. The lowest BCUT2D eigenvalue weighted by Gasteiger charge is -2.44. The number of carboxylic acids is 1. The van der Waals surface area contributed by atoms with Crippen molar-refractivity contribution in [2.45, 2.75) is 55.9 Å². The van der Waals surface area contributed by atoms with Crippen LogP contribution in [0.4, 0.5) is 0 Å². The summed E-state index contributed by atoms with van der Waals surface area (Å²) < 4.78 is 4.06. The highest BCUT2D eigenvalue weighted by Crippen LogP contribution is 2.50. The number of hydrogen-bond acceptors (Lipinski definition) is 7. The summed E-state index contributed by atoms with van der Waals surface area (Å²) in [7, 11) is 1.25. The lowest BCUT2D eigenvalue weighted by molar-refractivity contribution is -0.161. The summed E-state index contributed by atoms with van der Waals surface area (Å²) in [6, 6.07) is 5.43. The van der Waals surface area contributed by atoms with E-state index < -0.39 is 57.9 Å². The van der Waals surface area contributed by atoms with E-state index in [1.54, 1.807) is 58.0 Å². The molecule has 1 aromatic carbocycles. The molecule has 1 unspecified atom stereocenters. The van der Waals surface area contributed by atoms with E-state index in [-0.39, 0.29) is 11.3 Å². The van der Waals surface area contributed by atoms with E-state index in [9.17, 15) is 29.1 Å². The number of hydrogen-bond donors (Lipinski definition) is 4. The molecule has 196 valence electrons. The molecule has 4 rings (SSSR count). The van der Waals surface area contributed by atoms with Gasteiger partial charge in [0.1, 0.15) is 29.2 Å². The van der Waals surface area contributed by atoms with Crippen LogP contribution in [0.15, 0.2) is 30.3 Å². The van der Waals surface area contributed by atoms with Crippen molar-refractivity contribution in [1.29, 1.82) is 0 Å². The molecule has 2 aromatic rings. The number of thioether (sulfide) groups is 1. The largest absolute Gasteiger partial charge is 0.480 e. The lowest BCUT2D eigenvalue weighted by Crippen LogP contribution is -2.71. The Morgan fingerprint density at radius 2 is 1.81 bits per heavy atom. The summed E-state index contributed by atoms with van der Waals surface area (Å²) in [5, 5.41) is 14.5. The van der Waals surface area contributed by atoms with Gasteiger partial charge in [-0.05, 0) is 38.8 Å². The third-order valence-electron chi connectivity index (χ3n) is 6.70. The number of aromatic amines is 1. The number of rotatable bonds is 7. The van der Waals surface area contributed by atoms with Crippen molar-refractivity contribution in [3.05, 3.63) is 58.4 Å². The molecule has 0 bridgehead atoms. The Labute approximate surface area is 217 Å². The van der Waals surface area contributed by atoms with Gasteiger partial charge >= 0.3 is 11.9 Å². The first-order valence-electron chi connectivity index (χ1n) is 11.6. The normalized spacial score (nSPS) is 22.5. The number of methoxy groups -OCH3 is 1. The van der Waals surface area contributed by atoms with Crippen molar-refractivity contribution < 1.29 is 33.8 Å². The molecule has 4 N–H and O–H groups in total. The van der Waals surface area contributed by atoms with Crippen LogP contribution in [0, 0.1) is 13.8 Å². The highest BCUT2D eigenvalue weighted by Gasteiger charge is 2.64. The number of carbonyl (C=O) groups is 5. The second kappa shape index (κ2) is 9.58. The number of esters is 1. The predicted octanol–water partition coefficient (Wildman–Crippen LogP) is 1.52. The van der Waals surface area contributed by atoms with E-state index in [0.29, 0.717) is 16.8 Å². The molecule has 12 heteroatoms. The van der Waals surface area contributed by atoms with E-state index in [1.165, 1.54) is 23.8 Å². The Bertz CT molecular complexity index is 1290. The second-order valence-corrected chi connectivity index (χ2v) is 11.3. The Kier molecular flexibility index (Phi) is 6.80. The molecule has 2 aliphatic heterocycles. The van der Waals surface area contributed by atoms with Crippen molar-refractivity contribution in [1.82, 2.24) is 20.5 Å². The van der Waals surface area contributed by atoms with Crippen molar-refractivity contribution in [3.63, 3.8) is 0 Å². The number of nitrogens with one attached hydrogen (secondary N) is 3. The van der Waals surface area contributed by atoms with E-state index in [4.69, 9.17) is 4.74 Å². The van der Waals surface area contributed by atoms with Crippen LogP contribution in [-0.2, 0) is 19.1 Å². The molecule has 0 radical (unpaired) electrons. The van der Waals surface area contributed by atoms with Gasteiger partial charge in [-0.3, -0.25) is 14.4 Å². The molecule has 1 aromatic heterocycles. The maximum Gasteiger partial charge on any atom is 0.339 e. The summed E-state index contributed by atoms with van der Waals surface area (Å²) in [6.07, 6.45) is 0. The number of aromatic nitrogens is 1. The summed E-state index contributed by atoms with van der Waals surface area (Å²) in [4.78, 5) is 67.6. The Hall–Kier alpha value is -3.80. The van der Waals surface area contributed by atoms with E-state index in [1.807, 2.05) is 0 Å². The van der Waals surface area contributed by atoms with Crippen LogP contribution in [0.5, 0.6) is 0 Å². The number of ether oxygens (including phenoxy) is 1. The fourth-order valence-corrected chi connectivity index (χ4v) is 6.54. The SMILES string of the molecule is COC(=O)c1c(C)[nH]c(C(=O)NC(C(=O)N[C@@H]2C(=O)N3[C@@H]2SC(C)(C)[C@@H]3C(=O)O)c2ccccc2)c1C. The minimum absolute atomic E-state index is 0.106. The standard InChI is InChI=1S/C25H28N4O7S/c1-11-14(24(35)36-5)12(2)26-15(11)19(30)27-16(13-9-7-6-8-10-13)20(31)28-17-21(32)29-18(23(33)34)25(3,4)37-22(17)29/h6-10,16-18,22,26H,1-5H3,(H,27,30)(H,28,31)(H,33,34)/t16?,17-,18+,22-/m1/s1. The maximum absolute atomic E-state index is 13.4. The monoisotopic (exact) mass is 528 g/mol. The first-order chi connectivity index (χ1) is 17.4. The van der Waals surface area contributed by atoms with Gasteiger partial charge < -0.3 is 30.4 Å². The number of aliphatic carboxylic acids is 1. The van der Waals surface area contributed by atoms with E-state index >= 15 is 0 Å². The summed E-state index contributed by atoms with van der Waals surface area (Å²) >= 11 is 1.31. The van der Waals surface area contributed by atoms with Crippen molar-refractivity contribution >= 4 is 41.4 Å². The van der Waals surface area contributed by atoms with E-state index in [0.717, 1.165) is 0 Å². The summed E-state index contributed by atoms with van der Waals surface area (Å²) in [5.74, 6) is -3.42. The Balaban J connectivity index is 1.57. The van der Waals surface area contributed by atoms with Gasteiger partial charge in [-0.25, -0.2) is 9.59 Å². The molecule has 11 nitrogen and oxygen atoms in total. The first-order valence-corrected chi connectivity index (χ1v) is 12.4. The van der Waals surface area contributed by atoms with Crippen LogP contribution in [0.25, 0.3) is 0 Å². The molecule has 4 atom stereocenters. The van der Waals surface area contributed by atoms with Crippen molar-refractivity contribution in [3.8, 4) is 0 Å². The van der Waals surface area contributed by atoms with Crippen LogP contribution in [0.1, 0.15) is 57.6 Å². The van der Waals surface area contributed by atoms with Crippen molar-refractivity contribution in [2.24, 2.45) is 0 Å². The average Bonchev–Trinajstić information content (AvgIpc) is 3.30. The average molecular weight is 529 g/mol. The molecule has 0 aliphatic carbocycles. The Morgan fingerprint density at radius 3 is 2.41 bits per heavy atom. The number of carboxylic acid groups (broad SMARTS) is 1. The van der Waals surface area contributed by atoms with Gasteiger partial charge in [0.25, 0.3) is 5.91 Å². The minimum atomic E-state index is -1.16. The summed E-state index contributed by atoms with van der Waals surface area (Å²) in [6.45, 7) is 6.73. The molecule has 3 heterocycles. The molecule has 2 fully saturated rings. The first kappa shape index (κ1) is 26.3. The third kappa shape index (κ3) is 4.45. The number of benzene rings is 1. The van der Waals surface area contributed by atoms with Gasteiger partial charge in [-0.15, -0.1) is 11.8 Å². The molecular weight excluding hydrogens is 500 g/mol. The fraction of sp³-hybridized carbons (Fsp3) is 0.400. The topological polar surface area (TPSA) is 158 Å². The van der Waals surface area contributed by atoms with Crippen LogP contribution < -0.4 is 10.6 Å². The highest BCUT2D eigenvalue weighted by molar-refractivity contribution is 8.01. The van der Waals surface area contributed by atoms with E-state index in [2.05, 4.69) is 15.6 Å². The maximum atomic E-state index is 13.4. The van der Waals surface area contributed by atoms with Gasteiger partial charge in [-0.2, -0.15) is 0 Å². The van der Waals surface area contributed by atoms with Crippen LogP contribution >= 0.6 is 11.8 Å². The summed E-state index contributed by atoms with van der Waals surface area (Å²) in [5.41, 5.74) is 1.65. The zero-order chi connectivity index (χ0) is 27.2. The highest BCUT2D eigenvalue weighted by atomic mass is 32.2. The second-order valence-electron chi connectivity index (χ2n) is 9.52. The van der Waals surface area contributed by atoms with Crippen LogP contribution in [-0.4, -0.2) is 74.0 Å². The molecular formula is C25H28N4O7S. The number of fused-ring (bicyclic) bond motifs is 1. The molecule has 3 amide bonds. The molecule has 2 aliphatic rings. The van der Waals surface area contributed by atoms with Gasteiger partial charge in [-0.1, -0.05) is 30.3 Å². The predicted molar refractivity (Wildman–Crippen MR) is 134 cm³/mol. The molecule has 0 saturated carbocycles. The van der Waals surface area contributed by atoms with Gasteiger partial charge in [0.15, 0.2) is 0 Å². The van der Waals surface area contributed by atoms with Gasteiger partial charge in [0, 0.05) is 10.4 Å². The number of nitrogens with zero attached hydrogens (tertiary/aromatic N) is 1. The number of β-lactam (4-membered cyclic amide) rings is 1. The zero-order valence-corrected chi connectivity index (χ0v) is 21.8. The fourth-order valence-electron chi connectivity index (χ4n) is 4.92. The Morgan fingerprint density at radius 1 is 1.16 bits per heavy atom. The number of aryl methyl sites for hydroxylation is 1. The smallest absolute Gasteiger partial charge is 0.339 e. The lowest BCUT2D eigenvalue weighted by atomic mass is 9.95. The zero-order valence-electron chi connectivity index (χ0n) is 20.9. The quantitative estimate of drug-likeness (QED) is 0.311. The number of H-pyrrole nitrogens is 1.